The van der Waals surface area contributed by atoms with Crippen LogP contribution in [0.4, 0.5) is 5.69 Å². The molecule has 0 bridgehead atoms. The van der Waals surface area contributed by atoms with E-state index in [1.54, 1.807) is 42.5 Å². The van der Waals surface area contributed by atoms with Gasteiger partial charge in [-0.2, -0.15) is 0 Å². The monoisotopic (exact) mass is 459 g/mol. The fourth-order valence-electron chi connectivity index (χ4n) is 3.40. The summed E-state index contributed by atoms with van der Waals surface area (Å²) in [7, 11) is 0. The van der Waals surface area contributed by atoms with Gasteiger partial charge in [-0.15, -0.1) is 0 Å². The third kappa shape index (κ3) is 5.13. The fourth-order valence-corrected chi connectivity index (χ4v) is 3.52. The molecule has 0 aliphatic heterocycles. The largest absolute Gasteiger partial charge is 0.483 e. The number of ether oxygens (including phenoxy) is 1. The Morgan fingerprint density at radius 1 is 0.970 bits per heavy atom. The number of rotatable bonds is 6. The number of nitrogens with two attached hydrogens (primary N) is 1. The van der Waals surface area contributed by atoms with Gasteiger partial charge in [0.1, 0.15) is 5.75 Å². The van der Waals surface area contributed by atoms with E-state index in [1.807, 2.05) is 38.1 Å². The molecule has 7 heteroatoms. The van der Waals surface area contributed by atoms with E-state index in [4.69, 9.17) is 27.1 Å². The summed E-state index contributed by atoms with van der Waals surface area (Å²) in [6.45, 7) is 3.69. The van der Waals surface area contributed by atoms with Gasteiger partial charge in [0.15, 0.2) is 6.61 Å². The maximum Gasteiger partial charge on any atom is 0.255 e. The third-order valence-corrected chi connectivity index (χ3v) is 5.56. The fraction of sp³-hybridized carbons (Fsp3) is 0.115. The SMILES string of the molecule is Cc1ccc(C(=O)Nc2ccc3nc(-c4ccc(Cl)cc4)cc(OCC(N)=O)c3c2)cc1C. The lowest BCUT2D eigenvalue weighted by Crippen LogP contribution is -2.20. The van der Waals surface area contributed by atoms with Crippen molar-refractivity contribution in [1.82, 2.24) is 4.98 Å². The molecule has 4 aromatic rings. The predicted octanol–water partition coefficient (Wildman–Crippen LogP) is 5.29. The zero-order valence-corrected chi connectivity index (χ0v) is 18.9. The molecule has 0 atom stereocenters. The molecule has 6 nitrogen and oxygen atoms in total. The van der Waals surface area contributed by atoms with E-state index in [1.165, 1.54) is 0 Å². The Morgan fingerprint density at radius 3 is 2.42 bits per heavy atom. The van der Waals surface area contributed by atoms with Gasteiger partial charge >= 0.3 is 0 Å². The molecule has 0 radical (unpaired) electrons. The summed E-state index contributed by atoms with van der Waals surface area (Å²) in [6, 6.07) is 19.9. The van der Waals surface area contributed by atoms with Crippen molar-refractivity contribution in [3.8, 4) is 17.0 Å². The van der Waals surface area contributed by atoms with Crippen molar-refractivity contribution in [3.05, 3.63) is 88.4 Å². The Hall–Kier alpha value is -3.90. The molecular weight excluding hydrogens is 438 g/mol. The molecule has 0 fully saturated rings. The van der Waals surface area contributed by atoms with Crippen LogP contribution in [-0.2, 0) is 4.79 Å². The summed E-state index contributed by atoms with van der Waals surface area (Å²) < 4.78 is 5.69. The molecule has 0 aliphatic rings. The molecule has 4 rings (SSSR count). The van der Waals surface area contributed by atoms with Crippen molar-refractivity contribution in [2.75, 3.05) is 11.9 Å². The highest BCUT2D eigenvalue weighted by atomic mass is 35.5. The lowest BCUT2D eigenvalue weighted by atomic mass is 10.1. The summed E-state index contributed by atoms with van der Waals surface area (Å²) in [4.78, 5) is 28.8. The number of aryl methyl sites for hydroxylation is 2. The van der Waals surface area contributed by atoms with Crippen LogP contribution in [0, 0.1) is 13.8 Å². The Labute approximate surface area is 196 Å². The summed E-state index contributed by atoms with van der Waals surface area (Å²) in [6.07, 6.45) is 0. The second-order valence-corrected chi connectivity index (χ2v) is 8.19. The van der Waals surface area contributed by atoms with Gasteiger partial charge in [0.05, 0.1) is 11.2 Å². The van der Waals surface area contributed by atoms with Crippen molar-refractivity contribution in [2.24, 2.45) is 5.73 Å². The Morgan fingerprint density at radius 2 is 1.73 bits per heavy atom. The van der Waals surface area contributed by atoms with Crippen LogP contribution >= 0.6 is 11.6 Å². The van der Waals surface area contributed by atoms with Gasteiger partial charge in [0, 0.05) is 33.3 Å². The molecule has 1 aromatic heterocycles. The van der Waals surface area contributed by atoms with Crippen LogP contribution in [0.5, 0.6) is 5.75 Å². The molecule has 0 aliphatic carbocycles. The second-order valence-electron chi connectivity index (χ2n) is 7.75. The quantitative estimate of drug-likeness (QED) is 0.409. The molecule has 2 amide bonds. The van der Waals surface area contributed by atoms with Gasteiger partial charge in [0.25, 0.3) is 11.8 Å². The predicted molar refractivity (Wildman–Crippen MR) is 131 cm³/mol. The van der Waals surface area contributed by atoms with Crippen LogP contribution in [0.25, 0.3) is 22.2 Å². The van der Waals surface area contributed by atoms with E-state index in [9.17, 15) is 9.59 Å². The zero-order valence-electron chi connectivity index (χ0n) is 18.2. The lowest BCUT2D eigenvalue weighted by molar-refractivity contribution is -0.119. The minimum absolute atomic E-state index is 0.220. The number of halogens is 1. The first kappa shape index (κ1) is 22.3. The normalized spacial score (nSPS) is 10.8. The number of anilines is 1. The summed E-state index contributed by atoms with van der Waals surface area (Å²) in [5.74, 6) is -0.374. The number of hydrogen-bond donors (Lipinski definition) is 2. The molecule has 3 N–H and O–H groups in total. The van der Waals surface area contributed by atoms with Gasteiger partial charge < -0.3 is 15.8 Å². The highest BCUT2D eigenvalue weighted by Gasteiger charge is 2.13. The van der Waals surface area contributed by atoms with Gasteiger partial charge in [-0.1, -0.05) is 29.8 Å². The van der Waals surface area contributed by atoms with E-state index < -0.39 is 5.91 Å². The topological polar surface area (TPSA) is 94.3 Å². The maximum absolute atomic E-state index is 12.8. The second kappa shape index (κ2) is 9.30. The van der Waals surface area contributed by atoms with Crippen LogP contribution < -0.4 is 15.8 Å². The molecule has 1 heterocycles. The first-order chi connectivity index (χ1) is 15.8. The average molecular weight is 460 g/mol. The van der Waals surface area contributed by atoms with Crippen LogP contribution in [0.15, 0.2) is 66.7 Å². The summed E-state index contributed by atoms with van der Waals surface area (Å²) >= 11 is 6.00. The zero-order chi connectivity index (χ0) is 23.5. The molecule has 0 saturated carbocycles. The summed E-state index contributed by atoms with van der Waals surface area (Å²) in [5, 5.41) is 4.18. The van der Waals surface area contributed by atoms with Crippen molar-refractivity contribution in [3.63, 3.8) is 0 Å². The molecule has 0 saturated heterocycles. The van der Waals surface area contributed by atoms with Crippen molar-refractivity contribution < 1.29 is 14.3 Å². The van der Waals surface area contributed by atoms with Crippen LogP contribution in [0.3, 0.4) is 0 Å². The number of primary amides is 1. The van der Waals surface area contributed by atoms with Gasteiger partial charge in [-0.05, 0) is 67.4 Å². The Balaban J connectivity index is 1.71. The first-order valence-corrected chi connectivity index (χ1v) is 10.7. The number of aromatic nitrogens is 1. The number of benzene rings is 3. The number of hydrogen-bond acceptors (Lipinski definition) is 4. The van der Waals surface area contributed by atoms with Crippen LogP contribution in [0.1, 0.15) is 21.5 Å². The number of carbonyl (C=O) groups excluding carboxylic acids is 2. The molecule has 33 heavy (non-hydrogen) atoms. The molecular formula is C26H22ClN3O3. The van der Waals surface area contributed by atoms with Crippen LogP contribution in [0.2, 0.25) is 5.02 Å². The van der Waals surface area contributed by atoms with Gasteiger partial charge in [-0.3, -0.25) is 9.59 Å². The van der Waals surface area contributed by atoms with Crippen molar-refractivity contribution >= 4 is 40.0 Å². The van der Waals surface area contributed by atoms with Crippen molar-refractivity contribution in [2.45, 2.75) is 13.8 Å². The van der Waals surface area contributed by atoms with Gasteiger partial charge in [-0.25, -0.2) is 4.98 Å². The maximum atomic E-state index is 12.8. The Bertz CT molecular complexity index is 1370. The van der Waals surface area contributed by atoms with E-state index in [0.717, 1.165) is 16.7 Å². The minimum Gasteiger partial charge on any atom is -0.483 e. The van der Waals surface area contributed by atoms with Gasteiger partial charge in [0.2, 0.25) is 0 Å². The number of nitrogens with zero attached hydrogens (tertiary/aromatic N) is 1. The average Bonchev–Trinajstić information content (AvgIpc) is 2.79. The third-order valence-electron chi connectivity index (χ3n) is 5.31. The van der Waals surface area contributed by atoms with Crippen molar-refractivity contribution in [1.29, 1.82) is 0 Å². The highest BCUT2D eigenvalue weighted by Crippen LogP contribution is 2.32. The number of amides is 2. The number of nitrogens with one attached hydrogen (secondary N) is 1. The molecule has 3 aromatic carbocycles. The standard InChI is InChI=1S/C26H22ClN3O3/c1-15-3-4-18(11-16(15)2)26(32)29-20-9-10-22-21(12-20)24(33-14-25(28)31)13-23(30-22)17-5-7-19(27)8-6-17/h3-13H,14H2,1-2H3,(H2,28,31)(H,29,32). The molecule has 0 spiro atoms. The number of carbonyl (C=O) groups is 2. The van der Waals surface area contributed by atoms with Crippen LogP contribution in [-0.4, -0.2) is 23.4 Å². The number of fused-ring (bicyclic) bond motifs is 1. The minimum atomic E-state index is -0.591. The summed E-state index contributed by atoms with van der Waals surface area (Å²) in [5.41, 5.74) is 10.7. The molecule has 0 unspecified atom stereocenters. The first-order valence-electron chi connectivity index (χ1n) is 10.3. The van der Waals surface area contributed by atoms with E-state index >= 15 is 0 Å². The lowest BCUT2D eigenvalue weighted by Gasteiger charge is -2.13. The smallest absolute Gasteiger partial charge is 0.255 e. The molecule has 166 valence electrons. The van der Waals surface area contributed by atoms with E-state index in [-0.39, 0.29) is 12.5 Å². The highest BCUT2D eigenvalue weighted by molar-refractivity contribution is 6.30. The van der Waals surface area contributed by atoms with E-state index in [0.29, 0.717) is 38.6 Å². The number of pyridine rings is 1. The van der Waals surface area contributed by atoms with E-state index in [2.05, 4.69) is 5.32 Å². The Kier molecular flexibility index (Phi) is 6.29.